The molecule has 1 saturated heterocycles. The van der Waals surface area contributed by atoms with Crippen molar-refractivity contribution in [3.05, 3.63) is 29.8 Å². The van der Waals surface area contributed by atoms with Gasteiger partial charge < -0.3 is 4.74 Å². The van der Waals surface area contributed by atoms with Gasteiger partial charge in [-0.2, -0.15) is 0 Å². The van der Waals surface area contributed by atoms with Gasteiger partial charge in [0, 0.05) is 0 Å². The number of para-hydroxylation sites is 1. The summed E-state index contributed by atoms with van der Waals surface area (Å²) in [6.07, 6.45) is 3.69. The largest absolute Gasteiger partial charge is 0.496 e. The molecule has 0 spiro atoms. The molecule has 3 heteroatoms. The number of methoxy groups -OCH3 is 1. The van der Waals surface area contributed by atoms with Crippen LogP contribution in [0.15, 0.2) is 24.3 Å². The van der Waals surface area contributed by atoms with Crippen molar-refractivity contribution in [2.24, 2.45) is 5.92 Å². The van der Waals surface area contributed by atoms with Crippen LogP contribution >= 0.6 is 0 Å². The predicted molar refractivity (Wildman–Crippen MR) is 76.8 cm³/mol. The molecular formula is C16H23NO2. The van der Waals surface area contributed by atoms with Gasteiger partial charge in [-0.25, -0.2) is 0 Å². The molecule has 0 atom stereocenters. The second-order valence-corrected chi connectivity index (χ2v) is 5.25. The van der Waals surface area contributed by atoms with Crippen molar-refractivity contribution in [2.75, 3.05) is 26.7 Å². The quantitative estimate of drug-likeness (QED) is 0.763. The first kappa shape index (κ1) is 14.1. The van der Waals surface area contributed by atoms with Gasteiger partial charge in [0.15, 0.2) is 5.78 Å². The Hall–Kier alpha value is -1.35. The van der Waals surface area contributed by atoms with E-state index in [0.29, 0.717) is 17.9 Å². The lowest BCUT2D eigenvalue weighted by molar-refractivity contribution is 0.0891. The highest BCUT2D eigenvalue weighted by atomic mass is 16.5. The van der Waals surface area contributed by atoms with Crippen molar-refractivity contribution < 1.29 is 9.53 Å². The summed E-state index contributed by atoms with van der Waals surface area (Å²) in [5.41, 5.74) is 0.697. The molecule has 0 aromatic heterocycles. The van der Waals surface area contributed by atoms with Crippen LogP contribution in [0.4, 0.5) is 0 Å². The van der Waals surface area contributed by atoms with Crippen LogP contribution in [0.5, 0.6) is 5.75 Å². The number of likely N-dealkylation sites (tertiary alicyclic amines) is 1. The third-order valence-electron chi connectivity index (χ3n) is 4.06. The SMILES string of the molecule is CCC1CCN(CC(=O)c2ccccc2OC)CC1. The van der Waals surface area contributed by atoms with Gasteiger partial charge >= 0.3 is 0 Å². The number of benzene rings is 1. The summed E-state index contributed by atoms with van der Waals surface area (Å²) in [7, 11) is 1.61. The standard InChI is InChI=1S/C16H23NO2/c1-3-13-8-10-17(11-9-13)12-15(18)14-6-4-5-7-16(14)19-2/h4-7,13H,3,8-12H2,1-2H3. The van der Waals surface area contributed by atoms with Crippen molar-refractivity contribution in [1.29, 1.82) is 0 Å². The minimum Gasteiger partial charge on any atom is -0.496 e. The fraction of sp³-hybridized carbons (Fsp3) is 0.562. The van der Waals surface area contributed by atoms with E-state index >= 15 is 0 Å². The Bertz CT molecular complexity index is 423. The van der Waals surface area contributed by atoms with Crippen molar-refractivity contribution in [2.45, 2.75) is 26.2 Å². The smallest absolute Gasteiger partial charge is 0.180 e. The predicted octanol–water partition coefficient (Wildman–Crippen LogP) is 3.00. The zero-order chi connectivity index (χ0) is 13.7. The van der Waals surface area contributed by atoms with Gasteiger partial charge in [-0.3, -0.25) is 9.69 Å². The first-order valence-electron chi connectivity index (χ1n) is 7.13. The van der Waals surface area contributed by atoms with Crippen molar-refractivity contribution in [1.82, 2.24) is 4.90 Å². The van der Waals surface area contributed by atoms with Crippen molar-refractivity contribution in [3.63, 3.8) is 0 Å². The molecule has 1 fully saturated rings. The van der Waals surface area contributed by atoms with E-state index in [0.717, 1.165) is 19.0 Å². The van der Waals surface area contributed by atoms with Crippen LogP contribution in [0.3, 0.4) is 0 Å². The number of rotatable bonds is 5. The van der Waals surface area contributed by atoms with Crippen LogP contribution in [-0.2, 0) is 0 Å². The fourth-order valence-electron chi connectivity index (χ4n) is 2.72. The molecule has 19 heavy (non-hydrogen) atoms. The van der Waals surface area contributed by atoms with E-state index in [1.165, 1.54) is 19.3 Å². The molecule has 0 N–H and O–H groups in total. The highest BCUT2D eigenvalue weighted by Crippen LogP contribution is 2.22. The highest BCUT2D eigenvalue weighted by Gasteiger charge is 2.21. The molecule has 1 heterocycles. The van der Waals surface area contributed by atoms with Crippen LogP contribution in [0.25, 0.3) is 0 Å². The topological polar surface area (TPSA) is 29.5 Å². The molecule has 104 valence electrons. The molecule has 0 saturated carbocycles. The maximum Gasteiger partial charge on any atom is 0.180 e. The lowest BCUT2D eigenvalue weighted by atomic mass is 9.94. The fourth-order valence-corrected chi connectivity index (χ4v) is 2.72. The minimum absolute atomic E-state index is 0.160. The van der Waals surface area contributed by atoms with Crippen LogP contribution in [0, 0.1) is 5.92 Å². The second kappa shape index (κ2) is 6.71. The number of Topliss-reactive ketones (excluding diaryl/α,β-unsaturated/α-hetero) is 1. The molecule has 0 aliphatic carbocycles. The summed E-state index contributed by atoms with van der Waals surface area (Å²) >= 11 is 0. The maximum atomic E-state index is 12.3. The zero-order valence-electron chi connectivity index (χ0n) is 11.9. The third kappa shape index (κ3) is 3.57. The number of hydrogen-bond donors (Lipinski definition) is 0. The Morgan fingerprint density at radius 1 is 1.32 bits per heavy atom. The van der Waals surface area contributed by atoms with E-state index in [-0.39, 0.29) is 5.78 Å². The van der Waals surface area contributed by atoms with Gasteiger partial charge in [0.2, 0.25) is 0 Å². The minimum atomic E-state index is 0.160. The Balaban J connectivity index is 1.94. The maximum absolute atomic E-state index is 12.3. The zero-order valence-corrected chi connectivity index (χ0v) is 11.9. The Morgan fingerprint density at radius 3 is 2.63 bits per heavy atom. The van der Waals surface area contributed by atoms with E-state index in [2.05, 4.69) is 11.8 Å². The summed E-state index contributed by atoms with van der Waals surface area (Å²) in [5.74, 6) is 1.68. The molecule has 1 aliphatic rings. The molecule has 0 radical (unpaired) electrons. The number of ketones is 1. The number of carbonyl (C=O) groups is 1. The van der Waals surface area contributed by atoms with Gasteiger partial charge in [0.1, 0.15) is 5.75 Å². The summed E-state index contributed by atoms with van der Waals surface area (Å²) in [4.78, 5) is 14.6. The number of nitrogens with zero attached hydrogens (tertiary/aromatic N) is 1. The van der Waals surface area contributed by atoms with Crippen LogP contribution in [0.1, 0.15) is 36.5 Å². The third-order valence-corrected chi connectivity index (χ3v) is 4.06. The van der Waals surface area contributed by atoms with E-state index in [1.54, 1.807) is 7.11 Å². The van der Waals surface area contributed by atoms with Crippen molar-refractivity contribution >= 4 is 5.78 Å². The molecule has 0 unspecified atom stereocenters. The number of carbonyl (C=O) groups excluding carboxylic acids is 1. The first-order chi connectivity index (χ1) is 9.24. The van der Waals surface area contributed by atoms with Gasteiger partial charge in [0.25, 0.3) is 0 Å². The lowest BCUT2D eigenvalue weighted by Gasteiger charge is -2.30. The highest BCUT2D eigenvalue weighted by molar-refractivity contribution is 6.00. The number of ether oxygens (including phenoxy) is 1. The van der Waals surface area contributed by atoms with Gasteiger partial charge in [-0.05, 0) is 44.0 Å². The molecule has 1 aromatic carbocycles. The van der Waals surface area contributed by atoms with Gasteiger partial charge in [-0.1, -0.05) is 25.5 Å². The summed E-state index contributed by atoms with van der Waals surface area (Å²) < 4.78 is 5.25. The first-order valence-corrected chi connectivity index (χ1v) is 7.13. The average Bonchev–Trinajstić information content (AvgIpc) is 2.48. The molecule has 2 rings (SSSR count). The molecule has 3 nitrogen and oxygen atoms in total. The molecule has 1 aliphatic heterocycles. The van der Waals surface area contributed by atoms with E-state index in [1.807, 2.05) is 24.3 Å². The van der Waals surface area contributed by atoms with E-state index in [9.17, 15) is 4.79 Å². The second-order valence-electron chi connectivity index (χ2n) is 5.25. The summed E-state index contributed by atoms with van der Waals surface area (Å²) in [5, 5.41) is 0. The Morgan fingerprint density at radius 2 is 2.00 bits per heavy atom. The molecule has 1 aromatic rings. The van der Waals surface area contributed by atoms with Gasteiger partial charge in [-0.15, -0.1) is 0 Å². The number of hydrogen-bond acceptors (Lipinski definition) is 3. The number of piperidine rings is 1. The molecular weight excluding hydrogens is 238 g/mol. The van der Waals surface area contributed by atoms with E-state index < -0.39 is 0 Å². The van der Waals surface area contributed by atoms with E-state index in [4.69, 9.17) is 4.74 Å². The van der Waals surface area contributed by atoms with Crippen molar-refractivity contribution in [3.8, 4) is 5.75 Å². The molecule has 0 bridgehead atoms. The summed E-state index contributed by atoms with van der Waals surface area (Å²) in [6, 6.07) is 7.47. The Labute approximate surface area is 115 Å². The van der Waals surface area contributed by atoms with Crippen LogP contribution in [-0.4, -0.2) is 37.4 Å². The van der Waals surface area contributed by atoms with Crippen LogP contribution in [0.2, 0.25) is 0 Å². The monoisotopic (exact) mass is 261 g/mol. The summed E-state index contributed by atoms with van der Waals surface area (Å²) in [6.45, 7) is 4.84. The average molecular weight is 261 g/mol. The lowest BCUT2D eigenvalue weighted by Crippen LogP contribution is -2.37. The van der Waals surface area contributed by atoms with Crippen LogP contribution < -0.4 is 4.74 Å². The van der Waals surface area contributed by atoms with Gasteiger partial charge in [0.05, 0.1) is 19.2 Å². The normalized spacial score (nSPS) is 17.4. The molecule has 0 amide bonds. The Kier molecular flexibility index (Phi) is 4.97.